The fourth-order valence-electron chi connectivity index (χ4n) is 7.37. The average molecular weight is 611 g/mol. The molecule has 0 fully saturated rings. The fourth-order valence-corrected chi connectivity index (χ4v) is 10.00. The highest BCUT2D eigenvalue weighted by Crippen LogP contribution is 2.43. The largest absolute Gasteiger partial charge is 0.310 e. The number of hydrogen-bond donors (Lipinski definition) is 0. The molecule has 46 heavy (non-hydrogen) atoms. The van der Waals surface area contributed by atoms with Crippen LogP contribution in [0.25, 0.3) is 50.2 Å². The van der Waals surface area contributed by atoms with Gasteiger partial charge in [0.15, 0.2) is 7.14 Å². The van der Waals surface area contributed by atoms with Gasteiger partial charge >= 0.3 is 0 Å². The van der Waals surface area contributed by atoms with Crippen molar-refractivity contribution in [3.63, 3.8) is 0 Å². The van der Waals surface area contributed by atoms with Gasteiger partial charge in [0.2, 0.25) is 0 Å². The summed E-state index contributed by atoms with van der Waals surface area (Å²) < 4.78 is 20.1. The normalized spacial score (nSPS) is 14.1. The predicted octanol–water partition coefficient (Wildman–Crippen LogP) is 9.33. The number of para-hydroxylation sites is 3. The Hall–Kier alpha value is -5.37. The third kappa shape index (κ3) is 4.02. The fraction of sp³-hybridized carbons (Fsp3) is 0.0476. The van der Waals surface area contributed by atoms with Gasteiger partial charge in [-0.1, -0.05) is 91.0 Å². The lowest BCUT2D eigenvalue weighted by Gasteiger charge is -2.21. The van der Waals surface area contributed by atoms with Gasteiger partial charge in [-0.3, -0.25) is 0 Å². The first-order valence-corrected chi connectivity index (χ1v) is 17.6. The summed E-state index contributed by atoms with van der Waals surface area (Å²) in [5, 5.41) is 6.24. The van der Waals surface area contributed by atoms with E-state index < -0.39 is 7.14 Å². The van der Waals surface area contributed by atoms with Crippen molar-refractivity contribution in [2.75, 3.05) is 0 Å². The Bertz CT molecular complexity index is 2430. The second-order valence-electron chi connectivity index (χ2n) is 12.0. The van der Waals surface area contributed by atoms with E-state index in [9.17, 15) is 0 Å². The molecular formula is C42H31N2OP. The maximum absolute atomic E-state index is 15.5. The van der Waals surface area contributed by atoms with Crippen LogP contribution < -0.4 is 15.9 Å². The van der Waals surface area contributed by atoms with Gasteiger partial charge in [0.25, 0.3) is 0 Å². The van der Waals surface area contributed by atoms with E-state index in [1.807, 2.05) is 30.3 Å². The molecule has 1 unspecified atom stereocenters. The Morgan fingerprint density at radius 3 is 1.50 bits per heavy atom. The van der Waals surface area contributed by atoms with E-state index in [0.717, 1.165) is 51.2 Å². The molecule has 2 heterocycles. The van der Waals surface area contributed by atoms with Gasteiger partial charge in [-0.2, -0.15) is 0 Å². The van der Waals surface area contributed by atoms with E-state index >= 15 is 4.57 Å². The molecule has 1 aliphatic carbocycles. The zero-order valence-electron chi connectivity index (χ0n) is 25.3. The molecule has 0 saturated heterocycles. The quantitative estimate of drug-likeness (QED) is 0.179. The molecule has 9 rings (SSSR count). The summed E-state index contributed by atoms with van der Waals surface area (Å²) in [6.07, 6.45) is 6.63. The van der Waals surface area contributed by atoms with E-state index in [1.54, 1.807) is 0 Å². The molecule has 0 saturated carbocycles. The summed E-state index contributed by atoms with van der Waals surface area (Å²) in [4.78, 5) is 0. The molecule has 220 valence electrons. The maximum atomic E-state index is 15.5. The summed E-state index contributed by atoms with van der Waals surface area (Å²) in [7, 11) is -3.17. The SMILES string of the molecule is O=P(c1ccccc1)(c1ccc(-n2c3c(c4ccccc42)CCC=C3)cc1)c1ccc(-n2c3ccccc3c3ccccc32)cc1. The van der Waals surface area contributed by atoms with Crippen molar-refractivity contribution in [2.24, 2.45) is 0 Å². The van der Waals surface area contributed by atoms with Crippen molar-refractivity contribution in [1.82, 2.24) is 9.13 Å². The minimum atomic E-state index is -3.17. The van der Waals surface area contributed by atoms with Crippen molar-refractivity contribution in [1.29, 1.82) is 0 Å². The molecule has 1 aliphatic rings. The van der Waals surface area contributed by atoms with Gasteiger partial charge in [-0.05, 0) is 91.2 Å². The molecular weight excluding hydrogens is 579 g/mol. The molecule has 0 amide bonds. The van der Waals surface area contributed by atoms with Crippen molar-refractivity contribution >= 4 is 61.8 Å². The lowest BCUT2D eigenvalue weighted by Crippen LogP contribution is -2.25. The lowest BCUT2D eigenvalue weighted by atomic mass is 10.0. The minimum Gasteiger partial charge on any atom is -0.310 e. The monoisotopic (exact) mass is 610 g/mol. The molecule has 0 N–H and O–H groups in total. The second kappa shape index (κ2) is 10.6. The number of benzene rings is 6. The van der Waals surface area contributed by atoms with Crippen LogP contribution in [0.15, 0.2) is 158 Å². The Labute approximate surface area is 268 Å². The Kier molecular flexibility index (Phi) is 6.23. The number of aryl methyl sites for hydroxylation is 1. The van der Waals surface area contributed by atoms with Crippen LogP contribution in [0.3, 0.4) is 0 Å². The van der Waals surface area contributed by atoms with Crippen LogP contribution in [0.4, 0.5) is 0 Å². The summed E-state index contributed by atoms with van der Waals surface area (Å²) in [5.74, 6) is 0. The molecule has 8 aromatic rings. The third-order valence-corrected chi connectivity index (χ3v) is 12.6. The second-order valence-corrected chi connectivity index (χ2v) is 14.8. The zero-order valence-corrected chi connectivity index (χ0v) is 26.1. The van der Waals surface area contributed by atoms with E-state index in [-0.39, 0.29) is 0 Å². The smallest absolute Gasteiger partial charge is 0.171 e. The number of aromatic nitrogens is 2. The Morgan fingerprint density at radius 2 is 0.913 bits per heavy atom. The van der Waals surface area contributed by atoms with Gasteiger partial charge in [-0.15, -0.1) is 0 Å². The molecule has 0 aliphatic heterocycles. The number of rotatable bonds is 5. The standard InChI is InChI=1S/C42H31N2OP/c45-46(32-12-2-1-3-13-32,33-26-22-30(23-27-33)43-39-18-8-4-14-35(39)36-15-5-9-19-40(36)43)34-28-24-31(25-29-34)44-41-20-10-6-16-37(41)38-17-7-11-21-42(38)44/h1-6,8-16,18-29H,7,17H2. The van der Waals surface area contributed by atoms with Gasteiger partial charge in [0.1, 0.15) is 0 Å². The zero-order chi connectivity index (χ0) is 30.7. The summed E-state index contributed by atoms with van der Waals surface area (Å²) >= 11 is 0. The highest BCUT2D eigenvalue weighted by Gasteiger charge is 2.30. The minimum absolute atomic E-state index is 0.822. The molecule has 0 spiro atoms. The van der Waals surface area contributed by atoms with Gasteiger partial charge in [-0.25, -0.2) is 0 Å². The van der Waals surface area contributed by atoms with E-state index in [0.29, 0.717) is 0 Å². The van der Waals surface area contributed by atoms with Crippen LogP contribution >= 0.6 is 7.14 Å². The van der Waals surface area contributed by atoms with Gasteiger partial charge < -0.3 is 13.7 Å². The highest BCUT2D eigenvalue weighted by atomic mass is 31.2. The number of hydrogen-bond acceptors (Lipinski definition) is 1. The summed E-state index contributed by atoms with van der Waals surface area (Å²) in [5.41, 5.74) is 8.30. The van der Waals surface area contributed by atoms with Gasteiger partial charge in [0.05, 0.1) is 16.6 Å². The van der Waals surface area contributed by atoms with E-state index in [2.05, 4.69) is 143 Å². The average Bonchev–Trinajstić information content (AvgIpc) is 3.65. The van der Waals surface area contributed by atoms with Crippen LogP contribution in [-0.2, 0) is 11.0 Å². The summed E-state index contributed by atoms with van der Waals surface area (Å²) in [6.45, 7) is 0. The first-order valence-electron chi connectivity index (χ1n) is 15.9. The molecule has 2 aromatic heterocycles. The molecule has 1 atom stereocenters. The lowest BCUT2D eigenvalue weighted by molar-refractivity contribution is 0.592. The number of nitrogens with zero attached hydrogens (tertiary/aromatic N) is 2. The molecule has 0 bridgehead atoms. The highest BCUT2D eigenvalue weighted by molar-refractivity contribution is 7.85. The molecule has 4 heteroatoms. The van der Waals surface area contributed by atoms with Crippen LogP contribution in [0.1, 0.15) is 17.7 Å². The number of fused-ring (bicyclic) bond motifs is 6. The van der Waals surface area contributed by atoms with Crippen molar-refractivity contribution in [2.45, 2.75) is 12.8 Å². The first-order chi connectivity index (χ1) is 22.7. The third-order valence-electron chi connectivity index (χ3n) is 9.50. The van der Waals surface area contributed by atoms with Crippen molar-refractivity contribution < 1.29 is 4.57 Å². The Balaban J connectivity index is 1.17. The molecule has 0 radical (unpaired) electrons. The van der Waals surface area contributed by atoms with Crippen LogP contribution in [0, 0.1) is 0 Å². The van der Waals surface area contributed by atoms with E-state index in [1.165, 1.54) is 32.9 Å². The summed E-state index contributed by atoms with van der Waals surface area (Å²) in [6, 6.07) is 52.4. The van der Waals surface area contributed by atoms with Crippen LogP contribution in [0.2, 0.25) is 0 Å². The van der Waals surface area contributed by atoms with Crippen molar-refractivity contribution in [3.05, 3.63) is 169 Å². The molecule has 6 aromatic carbocycles. The number of allylic oxidation sites excluding steroid dienone is 1. The first kappa shape index (κ1) is 27.0. The maximum Gasteiger partial charge on any atom is 0.171 e. The Morgan fingerprint density at radius 1 is 0.457 bits per heavy atom. The van der Waals surface area contributed by atoms with E-state index in [4.69, 9.17) is 0 Å². The molecule has 3 nitrogen and oxygen atoms in total. The predicted molar refractivity (Wildman–Crippen MR) is 194 cm³/mol. The topological polar surface area (TPSA) is 26.9 Å². The van der Waals surface area contributed by atoms with Crippen LogP contribution in [-0.4, -0.2) is 9.13 Å². The van der Waals surface area contributed by atoms with Gasteiger partial charge in [0, 0.05) is 49.1 Å². The van der Waals surface area contributed by atoms with Crippen LogP contribution in [0.5, 0.6) is 0 Å². The van der Waals surface area contributed by atoms with Crippen molar-refractivity contribution in [3.8, 4) is 11.4 Å².